The van der Waals surface area contributed by atoms with Crippen molar-refractivity contribution >= 4 is 46.3 Å². The maximum atomic E-state index is 12.5. The highest BCUT2D eigenvalue weighted by molar-refractivity contribution is 8.26. The number of carbonyl (C=O) groups excluding carboxylic acids is 2. The molecule has 1 fully saturated rings. The van der Waals surface area contributed by atoms with E-state index >= 15 is 0 Å². The van der Waals surface area contributed by atoms with Gasteiger partial charge in [0.1, 0.15) is 4.32 Å². The third kappa shape index (κ3) is 4.56. The van der Waals surface area contributed by atoms with Crippen LogP contribution in [0, 0.1) is 0 Å². The number of rotatable bonds is 8. The maximum absolute atomic E-state index is 12.5. The van der Waals surface area contributed by atoms with Gasteiger partial charge in [-0.2, -0.15) is 0 Å². The van der Waals surface area contributed by atoms with E-state index in [0.717, 1.165) is 35.1 Å². The number of thioether (sulfide) groups is 1. The number of carboxylic acid groups (broad SMARTS) is 1. The number of carbonyl (C=O) groups is 2. The molecule has 8 heteroatoms. The standard InChI is InChI=1S/C18H21NO5S2/c1-4-5-8-24-13-7-6-12(9-14(13)23-3)10-15-16(20)19(18(25)26-15)11(2)17(21)22/h6-7,9-11H,4-5,8H2,1-3H3,(H,21,22)/p-1/b15-10+/t11-/m1/s1. The topological polar surface area (TPSA) is 78.9 Å². The summed E-state index contributed by atoms with van der Waals surface area (Å²) in [5.41, 5.74) is 0.728. The Kier molecular flexibility index (Phi) is 7.05. The van der Waals surface area contributed by atoms with Gasteiger partial charge in [0, 0.05) is 0 Å². The van der Waals surface area contributed by atoms with E-state index in [1.54, 1.807) is 31.4 Å². The number of hydrogen-bond acceptors (Lipinski definition) is 7. The van der Waals surface area contributed by atoms with Gasteiger partial charge in [0.25, 0.3) is 5.91 Å². The molecule has 6 nitrogen and oxygen atoms in total. The lowest BCUT2D eigenvalue weighted by Crippen LogP contribution is -2.48. The monoisotopic (exact) mass is 394 g/mol. The lowest BCUT2D eigenvalue weighted by atomic mass is 10.1. The number of unbranched alkanes of at least 4 members (excludes halogenated alkanes) is 1. The first kappa shape index (κ1) is 20.3. The van der Waals surface area contributed by atoms with Gasteiger partial charge in [0.15, 0.2) is 11.5 Å². The molecule has 1 aliphatic rings. The summed E-state index contributed by atoms with van der Waals surface area (Å²) in [5.74, 6) is -0.596. The number of aliphatic carboxylic acids is 1. The van der Waals surface area contributed by atoms with Crippen LogP contribution < -0.4 is 14.6 Å². The van der Waals surface area contributed by atoms with Crippen molar-refractivity contribution in [2.24, 2.45) is 0 Å². The third-order valence-corrected chi connectivity index (χ3v) is 5.12. The summed E-state index contributed by atoms with van der Waals surface area (Å²) in [6.07, 6.45) is 3.64. The lowest BCUT2D eigenvalue weighted by Gasteiger charge is -2.23. The van der Waals surface area contributed by atoms with E-state index in [4.69, 9.17) is 21.7 Å². The summed E-state index contributed by atoms with van der Waals surface area (Å²) in [4.78, 5) is 24.9. The van der Waals surface area contributed by atoms with Crippen LogP contribution in [0.4, 0.5) is 0 Å². The van der Waals surface area contributed by atoms with Gasteiger partial charge in [-0.15, -0.1) is 0 Å². The van der Waals surface area contributed by atoms with Crippen LogP contribution in [0.2, 0.25) is 0 Å². The number of ether oxygens (including phenoxy) is 2. The molecule has 0 spiro atoms. The van der Waals surface area contributed by atoms with Crippen LogP contribution in [0.25, 0.3) is 6.08 Å². The summed E-state index contributed by atoms with van der Waals surface area (Å²) in [6.45, 7) is 4.06. The molecule has 1 heterocycles. The maximum Gasteiger partial charge on any atom is 0.266 e. The highest BCUT2D eigenvalue weighted by Crippen LogP contribution is 2.35. The first-order valence-corrected chi connectivity index (χ1v) is 9.40. The summed E-state index contributed by atoms with van der Waals surface area (Å²) < 4.78 is 11.2. The molecule has 0 radical (unpaired) electrons. The normalized spacial score (nSPS) is 16.9. The molecule has 0 aliphatic carbocycles. The summed E-state index contributed by atoms with van der Waals surface area (Å²) in [5, 5.41) is 11.0. The molecule has 0 bridgehead atoms. The highest BCUT2D eigenvalue weighted by Gasteiger charge is 2.35. The molecule has 1 atom stereocenters. The van der Waals surface area contributed by atoms with Crippen LogP contribution >= 0.6 is 24.0 Å². The van der Waals surface area contributed by atoms with Gasteiger partial charge in [-0.05, 0) is 37.1 Å². The highest BCUT2D eigenvalue weighted by atomic mass is 32.2. The van der Waals surface area contributed by atoms with Crippen molar-refractivity contribution in [1.82, 2.24) is 4.90 Å². The van der Waals surface area contributed by atoms with Crippen molar-refractivity contribution in [3.63, 3.8) is 0 Å². The molecule has 0 aromatic heterocycles. The smallest absolute Gasteiger partial charge is 0.266 e. The zero-order valence-corrected chi connectivity index (χ0v) is 16.4. The SMILES string of the molecule is CCCCOc1ccc(/C=C2/SC(=S)N([C@H](C)C(=O)[O-])C2=O)cc1OC. The Morgan fingerprint density at radius 2 is 2.15 bits per heavy atom. The van der Waals surface area contributed by atoms with Crippen LogP contribution in [0.5, 0.6) is 11.5 Å². The molecule has 2 rings (SSSR count). The molecule has 0 N–H and O–H groups in total. The number of carboxylic acids is 1. The van der Waals surface area contributed by atoms with Gasteiger partial charge in [0.2, 0.25) is 0 Å². The van der Waals surface area contributed by atoms with E-state index in [-0.39, 0.29) is 4.32 Å². The van der Waals surface area contributed by atoms with Crippen molar-refractivity contribution in [3.8, 4) is 11.5 Å². The summed E-state index contributed by atoms with van der Waals surface area (Å²) >= 11 is 6.19. The molecule has 1 saturated heterocycles. The molecule has 26 heavy (non-hydrogen) atoms. The zero-order valence-electron chi connectivity index (χ0n) is 14.8. The van der Waals surface area contributed by atoms with Crippen molar-refractivity contribution in [2.75, 3.05) is 13.7 Å². The van der Waals surface area contributed by atoms with Crippen molar-refractivity contribution in [2.45, 2.75) is 32.7 Å². The van der Waals surface area contributed by atoms with Crippen LogP contribution in [0.1, 0.15) is 32.3 Å². The Balaban J connectivity index is 2.22. The Morgan fingerprint density at radius 1 is 1.42 bits per heavy atom. The molecule has 1 amide bonds. The quantitative estimate of drug-likeness (QED) is 0.380. The van der Waals surface area contributed by atoms with Gasteiger partial charge in [0.05, 0.1) is 30.6 Å². The Hall–Kier alpha value is -2.06. The number of benzene rings is 1. The van der Waals surface area contributed by atoms with E-state index < -0.39 is 17.9 Å². The zero-order chi connectivity index (χ0) is 19.3. The van der Waals surface area contributed by atoms with Gasteiger partial charge in [-0.3, -0.25) is 9.69 Å². The van der Waals surface area contributed by atoms with E-state index in [0.29, 0.717) is 23.0 Å². The second-order valence-electron chi connectivity index (χ2n) is 5.66. The summed E-state index contributed by atoms with van der Waals surface area (Å²) in [7, 11) is 1.55. The average Bonchev–Trinajstić information content (AvgIpc) is 2.88. The predicted molar refractivity (Wildman–Crippen MR) is 103 cm³/mol. The second kappa shape index (κ2) is 9.05. The molecule has 1 aliphatic heterocycles. The third-order valence-electron chi connectivity index (χ3n) is 3.79. The molecule has 1 aromatic rings. The number of methoxy groups -OCH3 is 1. The van der Waals surface area contributed by atoms with Gasteiger partial charge in [-0.25, -0.2) is 0 Å². The van der Waals surface area contributed by atoms with Crippen molar-refractivity contribution < 1.29 is 24.2 Å². The minimum atomic E-state index is -1.35. The number of amides is 1. The first-order valence-electron chi connectivity index (χ1n) is 8.17. The van der Waals surface area contributed by atoms with E-state index in [2.05, 4.69) is 6.92 Å². The minimum Gasteiger partial charge on any atom is -0.548 e. The van der Waals surface area contributed by atoms with Gasteiger partial charge >= 0.3 is 0 Å². The van der Waals surface area contributed by atoms with Crippen molar-refractivity contribution in [1.29, 1.82) is 0 Å². The fraction of sp³-hybridized carbons (Fsp3) is 0.389. The number of nitrogens with zero attached hydrogens (tertiary/aromatic N) is 1. The molecule has 1 aromatic carbocycles. The first-order chi connectivity index (χ1) is 12.4. The van der Waals surface area contributed by atoms with Crippen LogP contribution in [-0.2, 0) is 9.59 Å². The molecule has 0 saturated carbocycles. The number of hydrogen-bond donors (Lipinski definition) is 0. The fourth-order valence-corrected chi connectivity index (χ4v) is 3.71. The average molecular weight is 394 g/mol. The summed E-state index contributed by atoms with van der Waals surface area (Å²) in [6, 6.07) is 4.23. The number of thiocarbonyl (C=S) groups is 1. The lowest BCUT2D eigenvalue weighted by molar-refractivity contribution is -0.309. The minimum absolute atomic E-state index is 0.199. The Bertz CT molecular complexity index is 747. The van der Waals surface area contributed by atoms with Gasteiger partial charge in [-0.1, -0.05) is 43.4 Å². The second-order valence-corrected chi connectivity index (χ2v) is 7.33. The van der Waals surface area contributed by atoms with Crippen LogP contribution in [-0.4, -0.2) is 40.9 Å². The molecular formula is C18H20NO5S2-. The van der Waals surface area contributed by atoms with E-state index in [1.165, 1.54) is 6.92 Å². The molecule has 0 unspecified atom stereocenters. The largest absolute Gasteiger partial charge is 0.548 e. The molecular weight excluding hydrogens is 374 g/mol. The predicted octanol–water partition coefficient (Wildman–Crippen LogP) is 2.21. The Labute approximate surface area is 162 Å². The van der Waals surface area contributed by atoms with Gasteiger partial charge < -0.3 is 19.4 Å². The van der Waals surface area contributed by atoms with Crippen LogP contribution in [0.3, 0.4) is 0 Å². The van der Waals surface area contributed by atoms with Crippen LogP contribution in [0.15, 0.2) is 23.1 Å². The van der Waals surface area contributed by atoms with E-state index in [1.807, 2.05) is 0 Å². The van der Waals surface area contributed by atoms with Crippen molar-refractivity contribution in [3.05, 3.63) is 28.7 Å². The molecule has 140 valence electrons. The fourth-order valence-electron chi connectivity index (χ4n) is 2.29. The Morgan fingerprint density at radius 3 is 2.77 bits per heavy atom. The van der Waals surface area contributed by atoms with E-state index in [9.17, 15) is 14.7 Å².